The molecule has 0 aliphatic rings. The lowest BCUT2D eigenvalue weighted by Gasteiger charge is -2.13. The Labute approximate surface area is 91.6 Å². The van der Waals surface area contributed by atoms with Crippen molar-refractivity contribution in [1.29, 1.82) is 5.26 Å². The fourth-order valence-electron chi connectivity index (χ4n) is 0.951. The average Bonchev–Trinajstić information content (AvgIpc) is 2.18. The first-order chi connectivity index (χ1) is 6.67. The van der Waals surface area contributed by atoms with E-state index in [1.165, 1.54) is 0 Å². The normalized spacial score (nSPS) is 11.9. The molecule has 2 N–H and O–H groups in total. The number of halogens is 1. The molecule has 0 spiro atoms. The van der Waals surface area contributed by atoms with E-state index in [4.69, 9.17) is 15.7 Å². The number of nitrogens with zero attached hydrogens (tertiary/aromatic N) is 1. The molecule has 1 aromatic carbocycles. The van der Waals surface area contributed by atoms with E-state index in [9.17, 15) is 0 Å². The van der Waals surface area contributed by atoms with Crippen LogP contribution in [0, 0.1) is 11.3 Å². The van der Waals surface area contributed by atoms with Gasteiger partial charge in [0.25, 0.3) is 0 Å². The Balaban J connectivity index is 2.94. The van der Waals surface area contributed by atoms with Gasteiger partial charge in [-0.15, -0.1) is 0 Å². The van der Waals surface area contributed by atoms with Crippen LogP contribution in [0.15, 0.2) is 22.7 Å². The Morgan fingerprint density at radius 3 is 2.93 bits per heavy atom. The van der Waals surface area contributed by atoms with Crippen molar-refractivity contribution < 1.29 is 4.74 Å². The molecule has 4 heteroatoms. The Morgan fingerprint density at radius 2 is 2.36 bits per heavy atom. The predicted octanol–water partition coefficient (Wildman–Crippen LogP) is 2.05. The van der Waals surface area contributed by atoms with E-state index in [1.54, 1.807) is 18.2 Å². The van der Waals surface area contributed by atoms with Gasteiger partial charge < -0.3 is 10.5 Å². The number of hydrogen-bond acceptors (Lipinski definition) is 3. The molecular weight excluding hydrogens is 244 g/mol. The Bertz CT molecular complexity index is 360. The summed E-state index contributed by atoms with van der Waals surface area (Å²) in [5.74, 6) is 0.569. The van der Waals surface area contributed by atoms with Crippen molar-refractivity contribution in [2.75, 3.05) is 6.54 Å². The van der Waals surface area contributed by atoms with Gasteiger partial charge in [0.1, 0.15) is 17.9 Å². The van der Waals surface area contributed by atoms with E-state index in [0.29, 0.717) is 17.9 Å². The summed E-state index contributed by atoms with van der Waals surface area (Å²) >= 11 is 3.32. The molecule has 0 aliphatic heterocycles. The van der Waals surface area contributed by atoms with Crippen molar-refractivity contribution in [2.24, 2.45) is 5.73 Å². The van der Waals surface area contributed by atoms with Crippen molar-refractivity contribution in [3.63, 3.8) is 0 Å². The van der Waals surface area contributed by atoms with Gasteiger partial charge in [-0.3, -0.25) is 0 Å². The Kier molecular flexibility index (Phi) is 3.93. The van der Waals surface area contributed by atoms with Crippen LogP contribution in [0.5, 0.6) is 5.75 Å². The third-order valence-electron chi connectivity index (χ3n) is 1.72. The zero-order valence-electron chi connectivity index (χ0n) is 7.83. The second-order valence-electron chi connectivity index (χ2n) is 2.92. The number of hydrogen-bond donors (Lipinski definition) is 1. The lowest BCUT2D eigenvalue weighted by molar-refractivity contribution is 0.229. The molecule has 3 nitrogen and oxygen atoms in total. The molecule has 0 saturated heterocycles. The van der Waals surface area contributed by atoms with Gasteiger partial charge in [0.05, 0.1) is 5.56 Å². The number of rotatable bonds is 3. The van der Waals surface area contributed by atoms with Crippen LogP contribution < -0.4 is 10.5 Å². The van der Waals surface area contributed by atoms with Gasteiger partial charge in [-0.25, -0.2) is 0 Å². The third kappa shape index (κ3) is 2.72. The van der Waals surface area contributed by atoms with Crippen molar-refractivity contribution >= 4 is 15.9 Å². The maximum atomic E-state index is 8.82. The molecule has 0 fully saturated rings. The maximum Gasteiger partial charge on any atom is 0.138 e. The van der Waals surface area contributed by atoms with Crippen LogP contribution in [0.2, 0.25) is 0 Å². The van der Waals surface area contributed by atoms with E-state index < -0.39 is 0 Å². The molecule has 1 unspecified atom stereocenters. The molecule has 1 atom stereocenters. The fraction of sp³-hybridized carbons (Fsp3) is 0.300. The van der Waals surface area contributed by atoms with Gasteiger partial charge in [-0.05, 0) is 25.1 Å². The molecule has 0 aliphatic carbocycles. The topological polar surface area (TPSA) is 59.0 Å². The minimum atomic E-state index is -0.0867. The summed E-state index contributed by atoms with van der Waals surface area (Å²) in [4.78, 5) is 0. The van der Waals surface area contributed by atoms with Crippen molar-refractivity contribution in [3.8, 4) is 11.8 Å². The average molecular weight is 255 g/mol. The first-order valence-corrected chi connectivity index (χ1v) is 5.03. The molecule has 1 rings (SSSR count). The zero-order valence-corrected chi connectivity index (χ0v) is 9.41. The van der Waals surface area contributed by atoms with Crippen molar-refractivity contribution in [1.82, 2.24) is 0 Å². The van der Waals surface area contributed by atoms with Crippen LogP contribution in [0.1, 0.15) is 12.5 Å². The molecule has 74 valence electrons. The van der Waals surface area contributed by atoms with Crippen LogP contribution in [0.3, 0.4) is 0 Å². The molecule has 0 radical (unpaired) electrons. The Morgan fingerprint density at radius 1 is 1.64 bits per heavy atom. The lowest BCUT2D eigenvalue weighted by Crippen LogP contribution is -2.23. The zero-order chi connectivity index (χ0) is 10.6. The minimum absolute atomic E-state index is 0.0867. The maximum absolute atomic E-state index is 8.82. The first kappa shape index (κ1) is 11.0. The summed E-state index contributed by atoms with van der Waals surface area (Å²) in [7, 11) is 0. The summed E-state index contributed by atoms with van der Waals surface area (Å²) in [6.07, 6.45) is -0.0867. The second kappa shape index (κ2) is 4.99. The van der Waals surface area contributed by atoms with E-state index in [-0.39, 0.29) is 6.10 Å². The van der Waals surface area contributed by atoms with Gasteiger partial charge >= 0.3 is 0 Å². The molecule has 0 saturated carbocycles. The second-order valence-corrected chi connectivity index (χ2v) is 3.83. The van der Waals surface area contributed by atoms with Gasteiger partial charge in [0.2, 0.25) is 0 Å². The molecule has 0 amide bonds. The van der Waals surface area contributed by atoms with E-state index in [2.05, 4.69) is 22.0 Å². The van der Waals surface area contributed by atoms with Crippen LogP contribution in [-0.2, 0) is 0 Å². The molecule has 1 aromatic rings. The summed E-state index contributed by atoms with van der Waals surface area (Å²) in [5, 5.41) is 8.82. The van der Waals surface area contributed by atoms with Gasteiger partial charge in [-0.2, -0.15) is 5.26 Å². The quantitative estimate of drug-likeness (QED) is 0.899. The van der Waals surface area contributed by atoms with Crippen molar-refractivity contribution in [3.05, 3.63) is 28.2 Å². The van der Waals surface area contributed by atoms with Crippen LogP contribution in [-0.4, -0.2) is 12.6 Å². The summed E-state index contributed by atoms with van der Waals surface area (Å²) in [6.45, 7) is 2.29. The monoisotopic (exact) mass is 254 g/mol. The Hall–Kier alpha value is -1.05. The fourth-order valence-corrected chi connectivity index (χ4v) is 1.29. The van der Waals surface area contributed by atoms with E-state index in [1.807, 2.05) is 6.92 Å². The molecular formula is C10H11BrN2O. The highest BCUT2D eigenvalue weighted by atomic mass is 79.9. The molecule has 0 aromatic heterocycles. The van der Waals surface area contributed by atoms with Gasteiger partial charge in [0.15, 0.2) is 0 Å². The highest BCUT2D eigenvalue weighted by molar-refractivity contribution is 9.10. The standard InChI is InChI=1S/C10H11BrN2O/c1-7(5-12)14-10-4-9(11)3-2-8(10)6-13/h2-4,7H,5,12H2,1H3. The highest BCUT2D eigenvalue weighted by Gasteiger charge is 2.07. The minimum Gasteiger partial charge on any atom is -0.488 e. The van der Waals surface area contributed by atoms with E-state index in [0.717, 1.165) is 4.47 Å². The van der Waals surface area contributed by atoms with Crippen LogP contribution in [0.4, 0.5) is 0 Å². The van der Waals surface area contributed by atoms with Gasteiger partial charge in [-0.1, -0.05) is 15.9 Å². The third-order valence-corrected chi connectivity index (χ3v) is 2.22. The van der Waals surface area contributed by atoms with Crippen LogP contribution in [0.25, 0.3) is 0 Å². The van der Waals surface area contributed by atoms with Gasteiger partial charge in [0, 0.05) is 11.0 Å². The number of benzene rings is 1. The molecule has 0 heterocycles. The van der Waals surface area contributed by atoms with Crippen molar-refractivity contribution in [2.45, 2.75) is 13.0 Å². The summed E-state index contributed by atoms with van der Waals surface area (Å²) in [5.41, 5.74) is 5.95. The smallest absolute Gasteiger partial charge is 0.138 e. The van der Waals surface area contributed by atoms with E-state index >= 15 is 0 Å². The lowest BCUT2D eigenvalue weighted by atomic mass is 10.2. The summed E-state index contributed by atoms with van der Waals surface area (Å²) < 4.78 is 6.37. The SMILES string of the molecule is CC(CN)Oc1cc(Br)ccc1C#N. The summed E-state index contributed by atoms with van der Waals surface area (Å²) in [6, 6.07) is 7.35. The number of ether oxygens (including phenoxy) is 1. The highest BCUT2D eigenvalue weighted by Crippen LogP contribution is 2.23. The van der Waals surface area contributed by atoms with Crippen LogP contribution >= 0.6 is 15.9 Å². The number of nitrogens with two attached hydrogens (primary N) is 1. The molecule has 0 bridgehead atoms. The largest absolute Gasteiger partial charge is 0.488 e. The number of nitriles is 1. The molecule has 14 heavy (non-hydrogen) atoms. The first-order valence-electron chi connectivity index (χ1n) is 4.23. The predicted molar refractivity (Wildman–Crippen MR) is 58.0 cm³/mol.